The standard InChI is InChI=1S/C23H42ClNP2.2H3N.Ru/c1-20(2,3)26(21(4,5)6)15-18-13-17(24)14-19(25-18)16-27(22(7,8)9)23(10,11)12;;;/h13-14H,15-16H2,1-12H3;2*1H3;. The Balaban J connectivity index is -0.00000243. The Morgan fingerprint density at radius 1 is 0.633 bits per heavy atom. The fraction of sp³-hybridized carbons (Fsp3) is 0.783. The molecule has 0 aliphatic heterocycles. The van der Waals surface area contributed by atoms with Crippen LogP contribution in [0.4, 0.5) is 0 Å². The fourth-order valence-corrected chi connectivity index (χ4v) is 11.2. The van der Waals surface area contributed by atoms with Gasteiger partial charge in [-0.2, -0.15) is 0 Å². The number of nitrogens with zero attached hydrogens (tertiary/aromatic N) is 1. The maximum Gasteiger partial charge on any atom is 0.0465 e. The minimum atomic E-state index is -0.225. The number of rotatable bonds is 4. The topological polar surface area (TPSA) is 82.9 Å². The molecule has 0 saturated carbocycles. The third kappa shape index (κ3) is 11.1. The van der Waals surface area contributed by atoms with Crippen LogP contribution >= 0.6 is 27.4 Å². The average Bonchev–Trinajstić information content (AvgIpc) is 2.36. The molecule has 1 aromatic heterocycles. The van der Waals surface area contributed by atoms with Crippen LogP contribution in [-0.4, -0.2) is 25.6 Å². The second kappa shape index (κ2) is 12.3. The van der Waals surface area contributed by atoms with Gasteiger partial charge in [-0.05, 0) is 32.8 Å². The molecule has 1 heterocycles. The van der Waals surface area contributed by atoms with E-state index in [0.717, 1.165) is 17.3 Å². The predicted octanol–water partition coefficient (Wildman–Crippen LogP) is 9.21. The van der Waals surface area contributed by atoms with Crippen molar-refractivity contribution in [1.82, 2.24) is 17.3 Å². The SMILES string of the molecule is CC(C)(C)P(Cc1cc(Cl)cc(CP(C(C)(C)C)C(C)(C)C)n1)C(C)(C)C.N.N.[Ru]. The van der Waals surface area contributed by atoms with Crippen LogP contribution in [0.1, 0.15) is 94.5 Å². The summed E-state index contributed by atoms with van der Waals surface area (Å²) in [4.78, 5) is 5.12. The van der Waals surface area contributed by atoms with Crippen LogP contribution in [0.25, 0.3) is 0 Å². The molecule has 30 heavy (non-hydrogen) atoms. The maximum atomic E-state index is 6.55. The molecule has 0 atom stereocenters. The van der Waals surface area contributed by atoms with Crippen molar-refractivity contribution in [2.24, 2.45) is 0 Å². The van der Waals surface area contributed by atoms with Gasteiger partial charge in [0.1, 0.15) is 0 Å². The van der Waals surface area contributed by atoms with E-state index in [4.69, 9.17) is 16.6 Å². The molecule has 7 heteroatoms. The van der Waals surface area contributed by atoms with E-state index in [1.165, 1.54) is 11.4 Å². The largest absolute Gasteiger partial charge is 0.344 e. The molecule has 0 aliphatic carbocycles. The molecule has 180 valence electrons. The predicted molar refractivity (Wildman–Crippen MR) is 140 cm³/mol. The molecular formula is C23H48ClN3P2Ru. The molecule has 0 saturated heterocycles. The van der Waals surface area contributed by atoms with Gasteiger partial charge in [-0.1, -0.05) is 111 Å². The van der Waals surface area contributed by atoms with Gasteiger partial charge in [0.15, 0.2) is 0 Å². The van der Waals surface area contributed by atoms with Gasteiger partial charge in [-0.15, -0.1) is 0 Å². The smallest absolute Gasteiger partial charge is 0.0465 e. The molecule has 1 aromatic rings. The zero-order chi connectivity index (χ0) is 21.4. The van der Waals surface area contributed by atoms with Crippen LogP contribution in [0.15, 0.2) is 12.1 Å². The minimum absolute atomic E-state index is 0. The summed E-state index contributed by atoms with van der Waals surface area (Å²) in [6, 6.07) is 4.18. The number of halogens is 1. The van der Waals surface area contributed by atoms with Crippen LogP contribution in [-0.2, 0) is 31.8 Å². The van der Waals surface area contributed by atoms with Crippen molar-refractivity contribution in [3.05, 3.63) is 28.5 Å². The summed E-state index contributed by atoms with van der Waals surface area (Å²) in [6.07, 6.45) is 2.08. The van der Waals surface area contributed by atoms with Crippen LogP contribution in [0.2, 0.25) is 5.02 Å². The summed E-state index contributed by atoms with van der Waals surface area (Å²) in [5.74, 6) is 0. The zero-order valence-corrected chi connectivity index (χ0v) is 25.8. The van der Waals surface area contributed by atoms with Crippen molar-refractivity contribution in [2.45, 2.75) is 116 Å². The number of aromatic nitrogens is 1. The molecule has 0 radical (unpaired) electrons. The first kappa shape index (κ1) is 35.4. The third-order valence-electron chi connectivity index (χ3n) is 4.78. The summed E-state index contributed by atoms with van der Waals surface area (Å²) in [5, 5.41) is 2.01. The third-order valence-corrected chi connectivity index (χ3v) is 12.8. The van der Waals surface area contributed by atoms with Crippen molar-refractivity contribution in [1.29, 1.82) is 0 Å². The molecule has 0 unspecified atom stereocenters. The molecule has 0 spiro atoms. The second-order valence-corrected chi connectivity index (χ2v) is 19.8. The Kier molecular flexibility index (Phi) is 14.6. The van der Waals surface area contributed by atoms with Gasteiger partial charge < -0.3 is 12.3 Å². The van der Waals surface area contributed by atoms with E-state index in [2.05, 4.69) is 95.2 Å². The molecule has 3 nitrogen and oxygen atoms in total. The number of hydrogen-bond donors (Lipinski definition) is 2. The Hall–Kier alpha value is 0.843. The van der Waals surface area contributed by atoms with Crippen LogP contribution in [0.3, 0.4) is 0 Å². The first-order valence-electron chi connectivity index (χ1n) is 10.0. The molecule has 0 aliphatic rings. The van der Waals surface area contributed by atoms with Crippen LogP contribution in [0.5, 0.6) is 0 Å². The molecule has 0 aromatic carbocycles. The van der Waals surface area contributed by atoms with E-state index in [9.17, 15) is 0 Å². The van der Waals surface area contributed by atoms with E-state index >= 15 is 0 Å². The molecule has 1 rings (SSSR count). The summed E-state index contributed by atoms with van der Waals surface area (Å²) >= 11 is 6.55. The van der Waals surface area contributed by atoms with E-state index in [1.54, 1.807) is 0 Å². The van der Waals surface area contributed by atoms with Crippen LogP contribution in [0, 0.1) is 0 Å². The van der Waals surface area contributed by atoms with Crippen molar-refractivity contribution in [2.75, 3.05) is 0 Å². The van der Waals surface area contributed by atoms with Gasteiger partial charge >= 0.3 is 0 Å². The van der Waals surface area contributed by atoms with Gasteiger partial charge in [0.25, 0.3) is 0 Å². The van der Waals surface area contributed by atoms with Gasteiger partial charge in [0.05, 0.1) is 0 Å². The quantitative estimate of drug-likeness (QED) is 0.282. The normalized spacial score (nSPS) is 12.9. The Labute approximate surface area is 208 Å². The summed E-state index contributed by atoms with van der Waals surface area (Å²) in [6.45, 7) is 28.4. The Morgan fingerprint density at radius 3 is 1.07 bits per heavy atom. The van der Waals surface area contributed by atoms with E-state index in [1.807, 2.05) is 0 Å². The van der Waals surface area contributed by atoms with Gasteiger partial charge in [-0.25, -0.2) is 0 Å². The van der Waals surface area contributed by atoms with Crippen molar-refractivity contribution in [3.8, 4) is 0 Å². The van der Waals surface area contributed by atoms with Crippen molar-refractivity contribution >= 4 is 27.4 Å². The number of pyridine rings is 1. The Bertz CT molecular complexity index is 562. The first-order chi connectivity index (χ1) is 11.8. The van der Waals surface area contributed by atoms with Gasteiger partial charge in [-0.3, -0.25) is 4.98 Å². The molecule has 0 amide bonds. The van der Waals surface area contributed by atoms with E-state index in [-0.39, 0.29) is 47.6 Å². The fourth-order valence-electron chi connectivity index (χ4n) is 4.06. The first-order valence-corrected chi connectivity index (χ1v) is 13.5. The molecule has 6 N–H and O–H groups in total. The van der Waals surface area contributed by atoms with E-state index in [0.29, 0.717) is 20.6 Å². The van der Waals surface area contributed by atoms with Crippen molar-refractivity contribution < 1.29 is 19.5 Å². The molecule has 0 bridgehead atoms. The monoisotopic (exact) mass is 565 g/mol. The Morgan fingerprint density at radius 2 is 0.867 bits per heavy atom. The minimum Gasteiger partial charge on any atom is -0.344 e. The van der Waals surface area contributed by atoms with Crippen LogP contribution < -0.4 is 12.3 Å². The summed E-state index contributed by atoms with van der Waals surface area (Å²) in [7, 11) is -0.450. The number of hydrogen-bond acceptors (Lipinski definition) is 3. The van der Waals surface area contributed by atoms with E-state index < -0.39 is 0 Å². The molecular weight excluding hydrogens is 517 g/mol. The molecule has 0 fully saturated rings. The second-order valence-electron chi connectivity index (χ2n) is 11.6. The summed E-state index contributed by atoms with van der Waals surface area (Å²) in [5.41, 5.74) is 2.34. The maximum absolute atomic E-state index is 6.55. The average molecular weight is 565 g/mol. The van der Waals surface area contributed by atoms with Gasteiger partial charge in [0.2, 0.25) is 0 Å². The van der Waals surface area contributed by atoms with Crippen molar-refractivity contribution in [3.63, 3.8) is 0 Å². The zero-order valence-electron chi connectivity index (χ0n) is 21.6. The summed E-state index contributed by atoms with van der Waals surface area (Å²) < 4.78 is 0. The van der Waals surface area contributed by atoms with Gasteiger partial charge in [0, 0.05) is 48.2 Å².